The van der Waals surface area contributed by atoms with Gasteiger partial charge in [-0.15, -0.1) is 0 Å². The number of rotatable bonds is 3. The predicted molar refractivity (Wildman–Crippen MR) is 49.3 cm³/mol. The highest BCUT2D eigenvalue weighted by molar-refractivity contribution is 5.82. The average Bonchev–Trinajstić information content (AvgIpc) is 2.15. The lowest BCUT2D eigenvalue weighted by Gasteiger charge is -2.39. The summed E-state index contributed by atoms with van der Waals surface area (Å²) in [4.78, 5) is 21.6. The Balaban J connectivity index is 3.01. The van der Waals surface area contributed by atoms with Gasteiger partial charge in [-0.2, -0.15) is 0 Å². The Morgan fingerprint density at radius 3 is 2.38 bits per heavy atom. The van der Waals surface area contributed by atoms with Crippen LogP contribution in [0.2, 0.25) is 0 Å². The molecule has 3 unspecified atom stereocenters. The van der Waals surface area contributed by atoms with E-state index in [1.165, 1.54) is 0 Å². The van der Waals surface area contributed by atoms with E-state index in [1.54, 1.807) is 6.92 Å². The molecule has 1 heterocycles. The molecule has 1 aliphatic heterocycles. The molecule has 7 heteroatoms. The lowest BCUT2D eigenvalue weighted by Crippen LogP contribution is -2.66. The summed E-state index contributed by atoms with van der Waals surface area (Å²) in [6.45, 7) is 1.57. The normalized spacial score (nSPS) is 35.0. The monoisotopic (exact) mass is 237 g/mol. The maximum absolute atomic E-state index is 12.8. The molecule has 1 aliphatic rings. The van der Waals surface area contributed by atoms with Crippen LogP contribution in [0.25, 0.3) is 0 Å². The molecule has 0 amide bonds. The molecule has 0 radical (unpaired) electrons. The van der Waals surface area contributed by atoms with Gasteiger partial charge in [0.2, 0.25) is 0 Å². The Hall–Kier alpha value is -1.24. The summed E-state index contributed by atoms with van der Waals surface area (Å²) in [5.41, 5.74) is -2.44. The van der Waals surface area contributed by atoms with E-state index in [1.807, 2.05) is 5.32 Å². The fourth-order valence-electron chi connectivity index (χ4n) is 2.02. The summed E-state index contributed by atoms with van der Waals surface area (Å²) in [5, 5.41) is 19.6. The minimum Gasteiger partial charge on any atom is -0.480 e. The Labute approximate surface area is 90.4 Å². The van der Waals surface area contributed by atoms with Gasteiger partial charge in [-0.25, -0.2) is 13.6 Å². The van der Waals surface area contributed by atoms with Gasteiger partial charge in [0, 0.05) is 0 Å². The Morgan fingerprint density at radius 1 is 1.44 bits per heavy atom. The number of hydrogen-bond acceptors (Lipinski definition) is 3. The van der Waals surface area contributed by atoms with Crippen LogP contribution in [0.3, 0.4) is 0 Å². The number of alkyl halides is 2. The fourth-order valence-corrected chi connectivity index (χ4v) is 2.02. The number of hydrogen-bond donors (Lipinski definition) is 3. The zero-order valence-electron chi connectivity index (χ0n) is 8.61. The van der Waals surface area contributed by atoms with Crippen molar-refractivity contribution in [2.24, 2.45) is 5.92 Å². The highest BCUT2D eigenvalue weighted by Gasteiger charge is 2.53. The second-order valence-electron chi connectivity index (χ2n) is 4.16. The molecule has 16 heavy (non-hydrogen) atoms. The van der Waals surface area contributed by atoms with E-state index in [-0.39, 0.29) is 18.8 Å². The predicted octanol–water partition coefficient (Wildman–Crippen LogP) is 0.548. The zero-order valence-corrected chi connectivity index (χ0v) is 8.61. The molecule has 3 atom stereocenters. The van der Waals surface area contributed by atoms with E-state index in [4.69, 9.17) is 10.2 Å². The van der Waals surface area contributed by atoms with Gasteiger partial charge in [0.25, 0.3) is 6.43 Å². The molecule has 1 rings (SSSR count). The third kappa shape index (κ3) is 2.13. The van der Waals surface area contributed by atoms with Crippen LogP contribution in [0.15, 0.2) is 0 Å². The topological polar surface area (TPSA) is 86.6 Å². The van der Waals surface area contributed by atoms with E-state index in [9.17, 15) is 18.4 Å². The molecule has 0 aliphatic carbocycles. The fraction of sp³-hybridized carbons (Fsp3) is 0.778. The molecular weight excluding hydrogens is 224 g/mol. The van der Waals surface area contributed by atoms with Crippen molar-refractivity contribution in [2.45, 2.75) is 37.8 Å². The van der Waals surface area contributed by atoms with Gasteiger partial charge in [-0.3, -0.25) is 10.1 Å². The molecule has 1 fully saturated rings. The summed E-state index contributed by atoms with van der Waals surface area (Å²) in [7, 11) is 0. The Kier molecular flexibility index (Phi) is 3.47. The quantitative estimate of drug-likeness (QED) is 0.667. The number of piperidine rings is 1. The van der Waals surface area contributed by atoms with Crippen molar-refractivity contribution < 1.29 is 28.6 Å². The van der Waals surface area contributed by atoms with Gasteiger partial charge in [0.05, 0.1) is 0 Å². The van der Waals surface area contributed by atoms with E-state index in [2.05, 4.69) is 0 Å². The molecule has 0 aromatic heterocycles. The number of aliphatic carboxylic acids is 2. The van der Waals surface area contributed by atoms with Crippen molar-refractivity contribution in [3.8, 4) is 0 Å². The van der Waals surface area contributed by atoms with Crippen LogP contribution in [0.1, 0.15) is 19.8 Å². The van der Waals surface area contributed by atoms with Crippen molar-refractivity contribution in [1.29, 1.82) is 0 Å². The van der Waals surface area contributed by atoms with Crippen LogP contribution in [0.4, 0.5) is 8.78 Å². The van der Waals surface area contributed by atoms with Crippen LogP contribution in [0, 0.1) is 5.92 Å². The summed E-state index contributed by atoms with van der Waals surface area (Å²) in [5.74, 6) is -3.40. The van der Waals surface area contributed by atoms with E-state index in [0.717, 1.165) is 0 Å². The average molecular weight is 237 g/mol. The van der Waals surface area contributed by atoms with Crippen molar-refractivity contribution in [3.05, 3.63) is 0 Å². The molecular formula is C9H13F2NO4. The Morgan fingerprint density at radius 2 is 2.00 bits per heavy atom. The second-order valence-corrected chi connectivity index (χ2v) is 4.16. The van der Waals surface area contributed by atoms with Crippen LogP contribution in [0.5, 0.6) is 0 Å². The van der Waals surface area contributed by atoms with Crippen LogP contribution in [-0.2, 0) is 9.59 Å². The van der Waals surface area contributed by atoms with Gasteiger partial charge in [0.1, 0.15) is 6.04 Å². The molecule has 0 aromatic carbocycles. The van der Waals surface area contributed by atoms with Crippen molar-refractivity contribution in [2.75, 3.05) is 0 Å². The van der Waals surface area contributed by atoms with Crippen LogP contribution in [-0.4, -0.2) is 40.2 Å². The smallest absolute Gasteiger partial charge is 0.329 e. The van der Waals surface area contributed by atoms with Crippen molar-refractivity contribution in [3.63, 3.8) is 0 Å². The molecule has 0 spiro atoms. The summed E-state index contributed by atoms with van der Waals surface area (Å²) in [6, 6.07) is -1.24. The van der Waals surface area contributed by atoms with Crippen molar-refractivity contribution >= 4 is 11.9 Å². The van der Waals surface area contributed by atoms with E-state index < -0.39 is 29.9 Å². The summed E-state index contributed by atoms with van der Waals surface area (Å²) in [6.07, 6.45) is -3.27. The number of nitrogens with one attached hydrogen (secondary N) is 1. The first-order chi connectivity index (χ1) is 7.29. The van der Waals surface area contributed by atoms with E-state index in [0.29, 0.717) is 0 Å². The third-order valence-electron chi connectivity index (χ3n) is 2.79. The zero-order chi connectivity index (χ0) is 12.5. The summed E-state index contributed by atoms with van der Waals surface area (Å²) >= 11 is 0. The van der Waals surface area contributed by atoms with Gasteiger partial charge in [-0.05, 0) is 18.8 Å². The molecule has 92 valence electrons. The van der Waals surface area contributed by atoms with Crippen LogP contribution >= 0.6 is 0 Å². The molecule has 0 saturated carbocycles. The SMILES string of the molecule is CC1CC(C(=O)O)NC(C(=O)O)(C(F)F)C1. The van der Waals surface area contributed by atoms with E-state index >= 15 is 0 Å². The minimum atomic E-state index is -3.14. The van der Waals surface area contributed by atoms with Gasteiger partial charge in [0.15, 0.2) is 5.54 Å². The van der Waals surface area contributed by atoms with Gasteiger partial charge >= 0.3 is 11.9 Å². The van der Waals surface area contributed by atoms with Crippen LogP contribution < -0.4 is 5.32 Å². The first-order valence-electron chi connectivity index (χ1n) is 4.81. The summed E-state index contributed by atoms with van der Waals surface area (Å²) < 4.78 is 25.6. The molecule has 5 nitrogen and oxygen atoms in total. The first kappa shape index (κ1) is 12.8. The second kappa shape index (κ2) is 4.32. The molecule has 1 saturated heterocycles. The molecule has 0 aromatic rings. The lowest BCUT2D eigenvalue weighted by atomic mass is 9.80. The largest absolute Gasteiger partial charge is 0.480 e. The highest BCUT2D eigenvalue weighted by Crippen LogP contribution is 2.32. The van der Waals surface area contributed by atoms with Crippen molar-refractivity contribution in [1.82, 2.24) is 5.32 Å². The van der Waals surface area contributed by atoms with Gasteiger partial charge in [-0.1, -0.05) is 6.92 Å². The lowest BCUT2D eigenvalue weighted by molar-refractivity contribution is -0.159. The van der Waals surface area contributed by atoms with Gasteiger partial charge < -0.3 is 10.2 Å². The standard InChI is InChI=1S/C9H13F2NO4/c1-4-2-5(6(13)14)12-9(3-4,7(10)11)8(15)16/h4-5,7,12H,2-3H2,1H3,(H,13,14)(H,15,16). The molecule has 0 bridgehead atoms. The highest BCUT2D eigenvalue weighted by atomic mass is 19.3. The maximum atomic E-state index is 12.8. The number of halogens is 2. The number of carbonyl (C=O) groups is 2. The number of carboxylic acids is 2. The molecule has 3 N–H and O–H groups in total. The maximum Gasteiger partial charge on any atom is 0.329 e. The number of carboxylic acid groups (broad SMARTS) is 2. The first-order valence-corrected chi connectivity index (χ1v) is 4.81. The third-order valence-corrected chi connectivity index (χ3v) is 2.79. The Bertz CT molecular complexity index is 310. The minimum absolute atomic E-state index is 0.150.